The van der Waals surface area contributed by atoms with Crippen molar-refractivity contribution < 1.29 is 4.79 Å². The molecule has 0 aliphatic carbocycles. The Bertz CT molecular complexity index is 663. The van der Waals surface area contributed by atoms with Gasteiger partial charge in [0.05, 0.1) is 17.1 Å². The first-order valence-corrected chi connectivity index (χ1v) is 9.01. The maximum Gasteiger partial charge on any atom is 0.228 e. The van der Waals surface area contributed by atoms with Gasteiger partial charge in [-0.15, -0.1) is 11.3 Å². The molecular weight excluding hydrogens is 330 g/mol. The van der Waals surface area contributed by atoms with E-state index in [0.717, 1.165) is 48.4 Å². The number of amides is 1. The van der Waals surface area contributed by atoms with Crippen molar-refractivity contribution in [1.82, 2.24) is 14.8 Å². The third-order valence-corrected chi connectivity index (χ3v) is 5.12. The quantitative estimate of drug-likeness (QED) is 0.851. The second-order valence-electron chi connectivity index (χ2n) is 5.82. The number of carbonyl (C=O) groups is 1. The molecule has 1 aliphatic heterocycles. The molecular formula is C17H20ClN3OS. The highest BCUT2D eigenvalue weighted by Gasteiger charge is 2.21. The van der Waals surface area contributed by atoms with E-state index in [0.29, 0.717) is 6.42 Å². The number of carbonyl (C=O) groups excluding carboxylic acids is 1. The summed E-state index contributed by atoms with van der Waals surface area (Å²) in [5.74, 6) is 0.182. The van der Waals surface area contributed by atoms with Gasteiger partial charge in [0.15, 0.2) is 0 Å². The summed E-state index contributed by atoms with van der Waals surface area (Å²) in [6.45, 7) is 6.26. The van der Waals surface area contributed by atoms with Crippen LogP contribution in [0.1, 0.15) is 16.3 Å². The molecule has 1 aromatic carbocycles. The second kappa shape index (κ2) is 7.43. The van der Waals surface area contributed by atoms with Gasteiger partial charge < -0.3 is 4.90 Å². The topological polar surface area (TPSA) is 36.4 Å². The van der Waals surface area contributed by atoms with Gasteiger partial charge >= 0.3 is 0 Å². The Labute approximate surface area is 145 Å². The molecule has 122 valence electrons. The van der Waals surface area contributed by atoms with E-state index >= 15 is 0 Å². The number of nitrogens with zero attached hydrogens (tertiary/aromatic N) is 3. The van der Waals surface area contributed by atoms with Crippen molar-refractivity contribution in [2.24, 2.45) is 0 Å². The number of hydrogen-bond donors (Lipinski definition) is 0. The highest BCUT2D eigenvalue weighted by Crippen LogP contribution is 2.14. The standard InChI is InChI=1S/C17H20ClN3OS/c1-13-19-16(12-23-13)10-17(22)21-8-6-20(7-9-21)11-14-2-4-15(18)5-3-14/h2-5,12H,6-11H2,1H3. The lowest BCUT2D eigenvalue weighted by Gasteiger charge is -2.34. The van der Waals surface area contributed by atoms with Crippen molar-refractivity contribution in [2.75, 3.05) is 26.2 Å². The zero-order valence-electron chi connectivity index (χ0n) is 13.2. The Morgan fingerprint density at radius 3 is 2.52 bits per heavy atom. The smallest absolute Gasteiger partial charge is 0.228 e. The average molecular weight is 350 g/mol. The maximum absolute atomic E-state index is 12.3. The molecule has 0 N–H and O–H groups in total. The van der Waals surface area contributed by atoms with Gasteiger partial charge in [-0.05, 0) is 24.6 Å². The molecule has 4 nitrogen and oxygen atoms in total. The predicted octanol–water partition coefficient (Wildman–Crippen LogP) is 2.99. The molecule has 1 aliphatic rings. The largest absolute Gasteiger partial charge is 0.340 e. The fourth-order valence-corrected chi connectivity index (χ4v) is 3.50. The number of aromatic nitrogens is 1. The Balaban J connectivity index is 1.48. The van der Waals surface area contributed by atoms with Crippen molar-refractivity contribution >= 4 is 28.8 Å². The van der Waals surface area contributed by atoms with Gasteiger partial charge in [0.25, 0.3) is 0 Å². The van der Waals surface area contributed by atoms with Gasteiger partial charge in [-0.3, -0.25) is 9.69 Å². The zero-order chi connectivity index (χ0) is 16.2. The minimum Gasteiger partial charge on any atom is -0.340 e. The maximum atomic E-state index is 12.3. The van der Waals surface area contributed by atoms with Crippen LogP contribution in [0.25, 0.3) is 0 Å². The normalized spacial score (nSPS) is 15.8. The van der Waals surface area contributed by atoms with Gasteiger partial charge in [0, 0.05) is 43.1 Å². The lowest BCUT2D eigenvalue weighted by Crippen LogP contribution is -2.48. The first-order valence-electron chi connectivity index (χ1n) is 7.76. The van der Waals surface area contributed by atoms with Crippen LogP contribution >= 0.6 is 22.9 Å². The van der Waals surface area contributed by atoms with E-state index in [1.54, 1.807) is 11.3 Å². The van der Waals surface area contributed by atoms with Crippen LogP contribution in [0.3, 0.4) is 0 Å². The average Bonchev–Trinajstić information content (AvgIpc) is 2.95. The van der Waals surface area contributed by atoms with Crippen LogP contribution in [-0.4, -0.2) is 46.9 Å². The van der Waals surface area contributed by atoms with Gasteiger partial charge in [0.2, 0.25) is 5.91 Å². The van der Waals surface area contributed by atoms with E-state index in [4.69, 9.17) is 11.6 Å². The minimum atomic E-state index is 0.182. The summed E-state index contributed by atoms with van der Waals surface area (Å²) in [6.07, 6.45) is 0.418. The van der Waals surface area contributed by atoms with Crippen molar-refractivity contribution in [2.45, 2.75) is 19.9 Å². The number of benzene rings is 1. The molecule has 1 aromatic heterocycles. The van der Waals surface area contributed by atoms with E-state index < -0.39 is 0 Å². The Morgan fingerprint density at radius 1 is 1.22 bits per heavy atom. The molecule has 0 bridgehead atoms. The fraction of sp³-hybridized carbons (Fsp3) is 0.412. The summed E-state index contributed by atoms with van der Waals surface area (Å²) in [6, 6.07) is 7.97. The predicted molar refractivity (Wildman–Crippen MR) is 93.9 cm³/mol. The Hall–Kier alpha value is -1.43. The minimum absolute atomic E-state index is 0.182. The third kappa shape index (κ3) is 4.53. The summed E-state index contributed by atoms with van der Waals surface area (Å²) in [5, 5.41) is 3.76. The first-order chi connectivity index (χ1) is 11.1. The molecule has 1 saturated heterocycles. The highest BCUT2D eigenvalue weighted by molar-refractivity contribution is 7.09. The molecule has 0 unspecified atom stereocenters. The molecule has 6 heteroatoms. The van der Waals surface area contributed by atoms with Crippen LogP contribution in [0.4, 0.5) is 0 Å². The number of halogens is 1. The van der Waals surface area contributed by atoms with E-state index in [1.807, 2.05) is 29.3 Å². The number of piperazine rings is 1. The van der Waals surface area contributed by atoms with Crippen molar-refractivity contribution in [3.63, 3.8) is 0 Å². The summed E-state index contributed by atoms with van der Waals surface area (Å²) in [5.41, 5.74) is 2.15. The lowest BCUT2D eigenvalue weighted by atomic mass is 10.2. The summed E-state index contributed by atoms with van der Waals surface area (Å²) in [7, 11) is 0. The molecule has 0 radical (unpaired) electrons. The Morgan fingerprint density at radius 2 is 1.91 bits per heavy atom. The molecule has 2 heterocycles. The monoisotopic (exact) mass is 349 g/mol. The third-order valence-electron chi connectivity index (χ3n) is 4.04. The zero-order valence-corrected chi connectivity index (χ0v) is 14.7. The number of rotatable bonds is 4. The van der Waals surface area contributed by atoms with E-state index in [1.165, 1.54) is 5.56 Å². The molecule has 1 amide bonds. The molecule has 0 spiro atoms. The Kier molecular flexibility index (Phi) is 5.30. The summed E-state index contributed by atoms with van der Waals surface area (Å²) >= 11 is 7.51. The first kappa shape index (κ1) is 16.4. The van der Waals surface area contributed by atoms with Crippen molar-refractivity contribution in [1.29, 1.82) is 0 Å². The van der Waals surface area contributed by atoms with Gasteiger partial charge in [-0.1, -0.05) is 23.7 Å². The number of hydrogen-bond acceptors (Lipinski definition) is 4. The number of aryl methyl sites for hydroxylation is 1. The van der Waals surface area contributed by atoms with Gasteiger partial charge in [-0.2, -0.15) is 0 Å². The van der Waals surface area contributed by atoms with Crippen LogP contribution in [0.5, 0.6) is 0 Å². The molecule has 2 aromatic rings. The van der Waals surface area contributed by atoms with E-state index in [-0.39, 0.29) is 5.91 Å². The molecule has 1 fully saturated rings. The molecule has 0 atom stereocenters. The summed E-state index contributed by atoms with van der Waals surface area (Å²) < 4.78 is 0. The number of thiazole rings is 1. The van der Waals surface area contributed by atoms with Gasteiger partial charge in [-0.25, -0.2) is 4.98 Å². The fourth-order valence-electron chi connectivity index (χ4n) is 2.76. The van der Waals surface area contributed by atoms with Crippen LogP contribution in [0, 0.1) is 6.92 Å². The van der Waals surface area contributed by atoms with Crippen molar-refractivity contribution in [3.8, 4) is 0 Å². The highest BCUT2D eigenvalue weighted by atomic mass is 35.5. The molecule has 23 heavy (non-hydrogen) atoms. The van der Waals surface area contributed by atoms with E-state index in [9.17, 15) is 4.79 Å². The summed E-state index contributed by atoms with van der Waals surface area (Å²) in [4.78, 5) is 21.0. The van der Waals surface area contributed by atoms with Crippen LogP contribution in [-0.2, 0) is 17.8 Å². The van der Waals surface area contributed by atoms with Crippen LogP contribution in [0.15, 0.2) is 29.6 Å². The SMILES string of the molecule is Cc1nc(CC(=O)N2CCN(Cc3ccc(Cl)cc3)CC2)cs1. The van der Waals surface area contributed by atoms with Crippen molar-refractivity contribution in [3.05, 3.63) is 50.9 Å². The second-order valence-corrected chi connectivity index (χ2v) is 7.32. The molecule has 3 rings (SSSR count). The lowest BCUT2D eigenvalue weighted by molar-refractivity contribution is -0.132. The van der Waals surface area contributed by atoms with Gasteiger partial charge in [0.1, 0.15) is 0 Å². The van der Waals surface area contributed by atoms with Crippen LogP contribution < -0.4 is 0 Å². The molecule has 0 saturated carbocycles. The van der Waals surface area contributed by atoms with Crippen LogP contribution in [0.2, 0.25) is 5.02 Å². The van der Waals surface area contributed by atoms with E-state index in [2.05, 4.69) is 22.0 Å².